The topological polar surface area (TPSA) is 67.5 Å². The first-order valence-corrected chi connectivity index (χ1v) is 4.96. The van der Waals surface area contributed by atoms with Crippen molar-refractivity contribution in [2.24, 2.45) is 0 Å². The van der Waals surface area contributed by atoms with E-state index in [1.807, 2.05) is 0 Å². The van der Waals surface area contributed by atoms with Crippen LogP contribution in [0.3, 0.4) is 0 Å². The van der Waals surface area contributed by atoms with Gasteiger partial charge in [0, 0.05) is 5.56 Å². The highest BCUT2D eigenvalue weighted by Crippen LogP contribution is 2.32. The molecule has 0 atom stereocenters. The van der Waals surface area contributed by atoms with E-state index in [0.29, 0.717) is 16.7 Å². The third-order valence-corrected chi connectivity index (χ3v) is 2.89. The smallest absolute Gasteiger partial charge is 0.337 e. The maximum atomic E-state index is 10.9. The molecular weight excluding hydrogens is 216 g/mol. The van der Waals surface area contributed by atoms with Crippen LogP contribution in [0.25, 0.3) is 10.4 Å². The predicted octanol–water partition coefficient (Wildman–Crippen LogP) is 2.52. The van der Waals surface area contributed by atoms with E-state index in [0.717, 1.165) is 0 Å². The Bertz CT molecular complexity index is 509. The molecule has 1 N–H and O–H groups in total. The molecule has 0 bridgehead atoms. The number of carbonyl (C=O) groups excluding carboxylic acids is 1. The van der Waals surface area contributed by atoms with Crippen LogP contribution in [-0.2, 0) is 0 Å². The Kier molecular flexibility index (Phi) is 2.39. The normalized spacial score (nSPS) is 10.1. The van der Waals surface area contributed by atoms with Crippen LogP contribution >= 0.6 is 11.3 Å². The van der Waals surface area contributed by atoms with Crippen LogP contribution in [-0.4, -0.2) is 17.4 Å². The van der Waals surface area contributed by atoms with E-state index in [1.54, 1.807) is 11.4 Å². The van der Waals surface area contributed by atoms with Gasteiger partial charge < -0.3 is 9.52 Å². The van der Waals surface area contributed by atoms with Gasteiger partial charge in [0.05, 0.1) is 16.7 Å². The van der Waals surface area contributed by atoms with Crippen molar-refractivity contribution in [2.75, 3.05) is 0 Å². The van der Waals surface area contributed by atoms with Gasteiger partial charge in [-0.1, -0.05) is 0 Å². The summed E-state index contributed by atoms with van der Waals surface area (Å²) < 4.78 is 4.92. The molecule has 0 saturated carbocycles. The molecule has 0 aromatic carbocycles. The third-order valence-electron chi connectivity index (χ3n) is 1.94. The molecule has 0 unspecified atom stereocenters. The largest absolute Gasteiger partial charge is 0.478 e. The molecule has 2 aromatic heterocycles. The average Bonchev–Trinajstić information content (AvgIpc) is 2.85. The molecule has 2 rings (SSSR count). The minimum atomic E-state index is -1.01. The first-order chi connectivity index (χ1) is 7.24. The van der Waals surface area contributed by atoms with Crippen LogP contribution < -0.4 is 0 Å². The summed E-state index contributed by atoms with van der Waals surface area (Å²) in [6, 6.07) is 3.09. The summed E-state index contributed by atoms with van der Waals surface area (Å²) in [7, 11) is 0. The highest BCUT2D eigenvalue weighted by atomic mass is 32.1. The number of carbonyl (C=O) groups is 2. The minimum absolute atomic E-state index is 0.153. The van der Waals surface area contributed by atoms with Crippen molar-refractivity contribution >= 4 is 23.6 Å². The number of rotatable bonds is 3. The van der Waals surface area contributed by atoms with Gasteiger partial charge in [-0.25, -0.2) is 4.79 Å². The highest BCUT2D eigenvalue weighted by Gasteiger charge is 2.17. The fourth-order valence-electron chi connectivity index (χ4n) is 1.29. The first kappa shape index (κ1) is 9.67. The Balaban J connectivity index is 2.58. The average molecular weight is 222 g/mol. The van der Waals surface area contributed by atoms with Gasteiger partial charge in [-0.15, -0.1) is 11.3 Å². The lowest BCUT2D eigenvalue weighted by Gasteiger charge is -1.96. The van der Waals surface area contributed by atoms with Gasteiger partial charge >= 0.3 is 5.97 Å². The lowest BCUT2D eigenvalue weighted by atomic mass is 10.1. The van der Waals surface area contributed by atoms with Crippen molar-refractivity contribution in [3.05, 3.63) is 35.1 Å². The lowest BCUT2D eigenvalue weighted by molar-refractivity contribution is 0.0698. The molecule has 0 spiro atoms. The van der Waals surface area contributed by atoms with Crippen LogP contribution in [0, 0.1) is 0 Å². The SMILES string of the molecule is O=Cc1occc1-c1sccc1C(=O)O. The molecule has 15 heavy (non-hydrogen) atoms. The second kappa shape index (κ2) is 3.70. The molecule has 0 fully saturated rings. The Labute approximate surface area is 88.8 Å². The van der Waals surface area contributed by atoms with Crippen molar-refractivity contribution < 1.29 is 19.1 Å². The van der Waals surface area contributed by atoms with Crippen molar-refractivity contribution in [2.45, 2.75) is 0 Å². The van der Waals surface area contributed by atoms with Gasteiger partial charge in [0.2, 0.25) is 0 Å². The molecule has 0 amide bonds. The van der Waals surface area contributed by atoms with E-state index in [1.165, 1.54) is 23.7 Å². The molecule has 76 valence electrons. The molecule has 0 aliphatic carbocycles. The molecule has 5 heteroatoms. The van der Waals surface area contributed by atoms with E-state index in [2.05, 4.69) is 0 Å². The van der Waals surface area contributed by atoms with Crippen LogP contribution in [0.2, 0.25) is 0 Å². The number of hydrogen-bond acceptors (Lipinski definition) is 4. The number of thiophene rings is 1. The van der Waals surface area contributed by atoms with E-state index in [4.69, 9.17) is 9.52 Å². The molecule has 0 radical (unpaired) electrons. The summed E-state index contributed by atoms with van der Waals surface area (Å²) in [6.07, 6.45) is 1.94. The Morgan fingerprint density at radius 2 is 2.27 bits per heavy atom. The molecule has 4 nitrogen and oxygen atoms in total. The summed E-state index contributed by atoms with van der Waals surface area (Å²) in [5.41, 5.74) is 0.710. The molecule has 2 heterocycles. The summed E-state index contributed by atoms with van der Waals surface area (Å²) in [4.78, 5) is 22.0. The van der Waals surface area contributed by atoms with Crippen molar-refractivity contribution in [3.63, 3.8) is 0 Å². The summed E-state index contributed by atoms with van der Waals surface area (Å²) in [5.74, 6) is -0.857. The fraction of sp³-hybridized carbons (Fsp3) is 0. The van der Waals surface area contributed by atoms with Crippen molar-refractivity contribution in [1.82, 2.24) is 0 Å². The quantitative estimate of drug-likeness (QED) is 0.810. The monoisotopic (exact) mass is 222 g/mol. The first-order valence-electron chi connectivity index (χ1n) is 4.08. The van der Waals surface area contributed by atoms with E-state index in [9.17, 15) is 9.59 Å². The van der Waals surface area contributed by atoms with Gasteiger partial charge in [0.25, 0.3) is 0 Å². The molecular formula is C10H6O4S. The number of carboxylic acid groups (broad SMARTS) is 1. The number of carboxylic acids is 1. The van der Waals surface area contributed by atoms with Gasteiger partial charge in [-0.05, 0) is 17.5 Å². The zero-order chi connectivity index (χ0) is 10.8. The van der Waals surface area contributed by atoms with Crippen molar-refractivity contribution in [3.8, 4) is 10.4 Å². The zero-order valence-corrected chi connectivity index (χ0v) is 8.28. The number of aldehydes is 1. The van der Waals surface area contributed by atoms with Gasteiger partial charge in [0.1, 0.15) is 0 Å². The van der Waals surface area contributed by atoms with Crippen LogP contribution in [0.4, 0.5) is 0 Å². The van der Waals surface area contributed by atoms with E-state index >= 15 is 0 Å². The summed E-state index contributed by atoms with van der Waals surface area (Å²) >= 11 is 1.27. The van der Waals surface area contributed by atoms with Gasteiger partial charge in [-0.3, -0.25) is 4.79 Å². The van der Waals surface area contributed by atoms with Crippen LogP contribution in [0.1, 0.15) is 20.9 Å². The van der Waals surface area contributed by atoms with Crippen LogP contribution in [0.15, 0.2) is 28.2 Å². The third kappa shape index (κ3) is 1.57. The minimum Gasteiger partial charge on any atom is -0.478 e. The lowest BCUT2D eigenvalue weighted by Crippen LogP contribution is -1.95. The standard InChI is InChI=1S/C10H6O4S/c11-5-8-6(1-3-14-8)9-7(10(12)13)2-4-15-9/h1-5H,(H,12,13). The molecule has 0 aliphatic rings. The highest BCUT2D eigenvalue weighted by molar-refractivity contribution is 7.14. The maximum Gasteiger partial charge on any atom is 0.337 e. The number of aromatic carboxylic acids is 1. The second-order valence-corrected chi connectivity index (χ2v) is 3.70. The Morgan fingerprint density at radius 3 is 2.93 bits per heavy atom. The number of furan rings is 1. The van der Waals surface area contributed by atoms with Gasteiger partial charge in [0.15, 0.2) is 12.0 Å². The van der Waals surface area contributed by atoms with Gasteiger partial charge in [-0.2, -0.15) is 0 Å². The van der Waals surface area contributed by atoms with E-state index < -0.39 is 5.97 Å². The fourth-order valence-corrected chi connectivity index (χ4v) is 2.20. The Hall–Kier alpha value is -1.88. The van der Waals surface area contributed by atoms with Crippen molar-refractivity contribution in [1.29, 1.82) is 0 Å². The maximum absolute atomic E-state index is 10.9. The predicted molar refractivity (Wildman–Crippen MR) is 54.4 cm³/mol. The van der Waals surface area contributed by atoms with E-state index in [-0.39, 0.29) is 11.3 Å². The molecule has 0 saturated heterocycles. The summed E-state index contributed by atoms with van der Waals surface area (Å²) in [5, 5.41) is 10.6. The molecule has 2 aromatic rings. The second-order valence-electron chi connectivity index (χ2n) is 2.78. The molecule has 0 aliphatic heterocycles. The summed E-state index contributed by atoms with van der Waals surface area (Å²) in [6.45, 7) is 0. The number of hydrogen-bond donors (Lipinski definition) is 1. The Morgan fingerprint density at radius 1 is 1.47 bits per heavy atom. The van der Waals surface area contributed by atoms with Crippen LogP contribution in [0.5, 0.6) is 0 Å². The zero-order valence-electron chi connectivity index (χ0n) is 7.47.